The number of aryl methyl sites for hydroxylation is 1. The minimum atomic E-state index is -0.972. The molecule has 0 aliphatic carbocycles. The second-order valence-electron chi connectivity index (χ2n) is 6.21. The molecule has 0 atom stereocenters. The summed E-state index contributed by atoms with van der Waals surface area (Å²) in [4.78, 5) is 23.7. The Morgan fingerprint density at radius 1 is 1.29 bits per heavy atom. The molecule has 1 amide bonds. The molecule has 0 fully saturated rings. The summed E-state index contributed by atoms with van der Waals surface area (Å²) >= 11 is 3.40. The third kappa shape index (κ3) is 4.13. The topological polar surface area (TPSA) is 95.1 Å². The molecule has 0 radical (unpaired) electrons. The minimum absolute atomic E-state index is 0.0706. The van der Waals surface area contributed by atoms with Crippen LogP contribution in [0.5, 0.6) is 0 Å². The van der Waals surface area contributed by atoms with Crippen LogP contribution in [0.15, 0.2) is 58.7 Å². The minimum Gasteiger partial charge on any atom is -0.480 e. The van der Waals surface area contributed by atoms with Gasteiger partial charge in [-0.25, -0.2) is 0 Å². The highest BCUT2D eigenvalue weighted by Gasteiger charge is 2.14. The number of carboxylic acids is 1. The van der Waals surface area contributed by atoms with E-state index in [2.05, 4.69) is 21.2 Å². The highest BCUT2D eigenvalue weighted by Crippen LogP contribution is 2.24. The van der Waals surface area contributed by atoms with E-state index in [1.807, 2.05) is 37.3 Å². The number of para-hydroxylation sites is 1. The number of hydrogen-bond donors (Lipinski definition) is 2. The molecule has 0 saturated heterocycles. The van der Waals surface area contributed by atoms with E-state index in [1.165, 1.54) is 6.08 Å². The number of hydrogen-bond acceptors (Lipinski definition) is 3. The second kappa shape index (κ2) is 8.11. The van der Waals surface area contributed by atoms with Crippen molar-refractivity contribution in [2.45, 2.75) is 13.5 Å². The number of amides is 1. The van der Waals surface area contributed by atoms with Crippen LogP contribution in [0.25, 0.3) is 17.0 Å². The lowest BCUT2D eigenvalue weighted by Crippen LogP contribution is -2.13. The fourth-order valence-electron chi connectivity index (χ4n) is 2.89. The number of benzene rings is 2. The van der Waals surface area contributed by atoms with E-state index in [0.717, 1.165) is 20.9 Å². The summed E-state index contributed by atoms with van der Waals surface area (Å²) in [6.07, 6.45) is 3.11. The van der Waals surface area contributed by atoms with Crippen molar-refractivity contribution in [2.24, 2.45) is 0 Å². The molecular weight excluding hydrogens is 422 g/mol. The highest BCUT2D eigenvalue weighted by atomic mass is 79.9. The number of rotatable bonds is 5. The first-order chi connectivity index (χ1) is 13.4. The molecule has 6 nitrogen and oxygen atoms in total. The number of nitrogens with one attached hydrogen (secondary N) is 1. The zero-order chi connectivity index (χ0) is 20.3. The van der Waals surface area contributed by atoms with Gasteiger partial charge in [-0.05, 0) is 42.8 Å². The van der Waals surface area contributed by atoms with Gasteiger partial charge in [0.25, 0.3) is 5.91 Å². The lowest BCUT2D eigenvalue weighted by Gasteiger charge is -2.06. The van der Waals surface area contributed by atoms with Crippen LogP contribution in [0, 0.1) is 18.3 Å². The van der Waals surface area contributed by atoms with Gasteiger partial charge in [0.2, 0.25) is 0 Å². The van der Waals surface area contributed by atoms with Crippen molar-refractivity contribution in [3.63, 3.8) is 0 Å². The van der Waals surface area contributed by atoms with Crippen LogP contribution in [-0.2, 0) is 16.1 Å². The van der Waals surface area contributed by atoms with Crippen LogP contribution in [-0.4, -0.2) is 21.6 Å². The molecular formula is C21H16BrN3O3. The van der Waals surface area contributed by atoms with Gasteiger partial charge in [-0.15, -0.1) is 0 Å². The van der Waals surface area contributed by atoms with Crippen molar-refractivity contribution in [2.75, 3.05) is 5.32 Å². The third-order valence-electron chi connectivity index (χ3n) is 4.21. The van der Waals surface area contributed by atoms with Crippen molar-refractivity contribution >= 4 is 50.5 Å². The van der Waals surface area contributed by atoms with Crippen molar-refractivity contribution in [1.29, 1.82) is 5.26 Å². The quantitative estimate of drug-likeness (QED) is 0.458. The normalized spacial score (nSPS) is 11.2. The first-order valence-electron chi connectivity index (χ1n) is 8.38. The van der Waals surface area contributed by atoms with Crippen molar-refractivity contribution in [3.8, 4) is 6.07 Å². The predicted octanol–water partition coefficient (Wildman–Crippen LogP) is 4.34. The van der Waals surface area contributed by atoms with Gasteiger partial charge in [-0.3, -0.25) is 9.59 Å². The number of carbonyl (C=O) groups is 2. The molecule has 0 unspecified atom stereocenters. The summed E-state index contributed by atoms with van der Waals surface area (Å²) < 4.78 is 2.50. The van der Waals surface area contributed by atoms with Crippen LogP contribution >= 0.6 is 15.9 Å². The number of nitriles is 1. The van der Waals surface area contributed by atoms with E-state index in [-0.39, 0.29) is 12.1 Å². The highest BCUT2D eigenvalue weighted by molar-refractivity contribution is 9.10. The molecule has 1 aromatic heterocycles. The Labute approximate surface area is 169 Å². The van der Waals surface area contributed by atoms with Crippen molar-refractivity contribution < 1.29 is 14.7 Å². The Morgan fingerprint density at radius 2 is 2.04 bits per heavy atom. The summed E-state index contributed by atoms with van der Waals surface area (Å²) in [7, 11) is 0. The van der Waals surface area contributed by atoms with Gasteiger partial charge in [-0.1, -0.05) is 34.1 Å². The number of nitrogens with zero attached hydrogens (tertiary/aromatic N) is 2. The van der Waals surface area contributed by atoms with Crippen LogP contribution in [0.3, 0.4) is 0 Å². The predicted molar refractivity (Wildman–Crippen MR) is 111 cm³/mol. The van der Waals surface area contributed by atoms with E-state index >= 15 is 0 Å². The fraction of sp³-hybridized carbons (Fsp3) is 0.0952. The van der Waals surface area contributed by atoms with Crippen LogP contribution in [0.2, 0.25) is 0 Å². The van der Waals surface area contributed by atoms with Gasteiger partial charge in [0.15, 0.2) is 0 Å². The maximum absolute atomic E-state index is 12.6. The van der Waals surface area contributed by atoms with Gasteiger partial charge in [0, 0.05) is 32.8 Å². The first kappa shape index (κ1) is 19.4. The first-order valence-corrected chi connectivity index (χ1v) is 9.17. The Morgan fingerprint density at radius 3 is 2.71 bits per heavy atom. The van der Waals surface area contributed by atoms with Crippen LogP contribution in [0.4, 0.5) is 5.69 Å². The SMILES string of the molecule is Cc1cc(NC(=O)C(C#N)=Cc2cn(CC(=O)O)c3ccccc23)ccc1Br. The van der Waals surface area contributed by atoms with E-state index in [1.54, 1.807) is 29.0 Å². The molecule has 0 spiro atoms. The zero-order valence-electron chi connectivity index (χ0n) is 14.9. The van der Waals surface area contributed by atoms with E-state index in [9.17, 15) is 14.9 Å². The Bertz CT molecular complexity index is 1160. The summed E-state index contributed by atoms with van der Waals surface area (Å²) in [5.74, 6) is -1.50. The van der Waals surface area contributed by atoms with E-state index in [4.69, 9.17) is 5.11 Å². The molecule has 3 aromatic rings. The van der Waals surface area contributed by atoms with Gasteiger partial charge >= 0.3 is 5.97 Å². The number of aromatic nitrogens is 1. The Balaban J connectivity index is 1.96. The van der Waals surface area contributed by atoms with E-state index in [0.29, 0.717) is 11.3 Å². The number of carboxylic acid groups (broad SMARTS) is 1. The van der Waals surface area contributed by atoms with Crippen molar-refractivity contribution in [1.82, 2.24) is 4.57 Å². The van der Waals surface area contributed by atoms with Gasteiger partial charge in [-0.2, -0.15) is 5.26 Å². The maximum atomic E-state index is 12.6. The third-order valence-corrected chi connectivity index (χ3v) is 5.10. The number of aliphatic carboxylic acids is 1. The summed E-state index contributed by atoms with van der Waals surface area (Å²) in [6, 6.07) is 14.5. The average molecular weight is 438 g/mol. The molecule has 2 N–H and O–H groups in total. The molecule has 1 heterocycles. The van der Waals surface area contributed by atoms with Crippen LogP contribution < -0.4 is 5.32 Å². The monoisotopic (exact) mass is 437 g/mol. The largest absolute Gasteiger partial charge is 0.480 e. The van der Waals surface area contributed by atoms with Gasteiger partial charge in [0.1, 0.15) is 18.2 Å². The molecule has 0 saturated carbocycles. The molecule has 0 aliphatic heterocycles. The lowest BCUT2D eigenvalue weighted by molar-refractivity contribution is -0.137. The molecule has 140 valence electrons. The Hall–Kier alpha value is -3.37. The smallest absolute Gasteiger partial charge is 0.323 e. The van der Waals surface area contributed by atoms with Crippen molar-refractivity contribution in [3.05, 3.63) is 69.8 Å². The zero-order valence-corrected chi connectivity index (χ0v) is 16.5. The Kier molecular flexibility index (Phi) is 5.62. The summed E-state index contributed by atoms with van der Waals surface area (Å²) in [6.45, 7) is 1.69. The lowest BCUT2D eigenvalue weighted by atomic mass is 10.1. The average Bonchev–Trinajstić information content (AvgIpc) is 2.99. The number of fused-ring (bicyclic) bond motifs is 1. The number of carbonyl (C=O) groups excluding carboxylic acids is 1. The molecule has 7 heteroatoms. The number of anilines is 1. The van der Waals surface area contributed by atoms with Crippen LogP contribution in [0.1, 0.15) is 11.1 Å². The van der Waals surface area contributed by atoms with Gasteiger partial charge in [0.05, 0.1) is 0 Å². The molecule has 2 aromatic carbocycles. The summed E-state index contributed by atoms with van der Waals surface area (Å²) in [5, 5.41) is 22.1. The number of halogens is 1. The molecule has 3 rings (SSSR count). The molecule has 0 aliphatic rings. The van der Waals surface area contributed by atoms with E-state index < -0.39 is 11.9 Å². The summed E-state index contributed by atoms with van der Waals surface area (Å²) in [5.41, 5.74) is 2.80. The second-order valence-corrected chi connectivity index (χ2v) is 7.07. The standard InChI is InChI=1S/C21H16BrN3O3/c1-13-8-16(6-7-18(13)22)24-21(28)14(10-23)9-15-11-25(12-20(26)27)19-5-3-2-4-17(15)19/h2-9,11H,12H2,1H3,(H,24,28)(H,26,27). The van der Waals surface area contributed by atoms with Gasteiger partial charge < -0.3 is 15.0 Å². The maximum Gasteiger partial charge on any atom is 0.323 e. The molecule has 0 bridgehead atoms. The molecule has 28 heavy (non-hydrogen) atoms. The fourth-order valence-corrected chi connectivity index (χ4v) is 3.14.